The first kappa shape index (κ1) is 18.7. The Labute approximate surface area is 151 Å². The summed E-state index contributed by atoms with van der Waals surface area (Å²) in [7, 11) is -3.86. The van der Waals surface area contributed by atoms with Crippen LogP contribution in [0.25, 0.3) is 0 Å². The Kier molecular flexibility index (Phi) is 6.23. The van der Waals surface area contributed by atoms with Gasteiger partial charge in [0.05, 0.1) is 21.5 Å². The van der Waals surface area contributed by atoms with Crippen molar-refractivity contribution in [3.63, 3.8) is 0 Å². The quantitative estimate of drug-likeness (QED) is 0.797. The number of benzene rings is 2. The molecule has 5 nitrogen and oxygen atoms in total. The Morgan fingerprint density at radius 2 is 1.79 bits per heavy atom. The highest BCUT2D eigenvalue weighted by atomic mass is 35.5. The minimum absolute atomic E-state index is 0.0568. The maximum absolute atomic E-state index is 12.2. The van der Waals surface area contributed by atoms with Crippen LogP contribution in [0.4, 0.5) is 5.69 Å². The van der Waals surface area contributed by atoms with Crippen molar-refractivity contribution < 1.29 is 13.2 Å². The van der Waals surface area contributed by atoms with Crippen LogP contribution in [-0.2, 0) is 21.2 Å². The van der Waals surface area contributed by atoms with Gasteiger partial charge in [-0.2, -0.15) is 0 Å². The number of para-hydroxylation sites is 1. The van der Waals surface area contributed by atoms with Gasteiger partial charge in [-0.1, -0.05) is 48.3 Å². The third-order valence-electron chi connectivity index (χ3n) is 3.30. The highest BCUT2D eigenvalue weighted by molar-refractivity contribution is 7.89. The van der Waals surface area contributed by atoms with Gasteiger partial charge in [0.25, 0.3) is 0 Å². The van der Waals surface area contributed by atoms with Gasteiger partial charge in [-0.3, -0.25) is 4.79 Å². The first-order valence-corrected chi connectivity index (χ1v) is 9.40. The Bertz CT molecular complexity index is 854. The van der Waals surface area contributed by atoms with Crippen LogP contribution >= 0.6 is 23.2 Å². The maximum atomic E-state index is 12.2. The topological polar surface area (TPSA) is 75.3 Å². The van der Waals surface area contributed by atoms with Gasteiger partial charge in [0.15, 0.2) is 0 Å². The molecule has 0 aliphatic carbocycles. The molecule has 0 heterocycles. The molecule has 0 fully saturated rings. The van der Waals surface area contributed by atoms with E-state index in [1.807, 2.05) is 19.1 Å². The van der Waals surface area contributed by atoms with Crippen LogP contribution < -0.4 is 10.0 Å². The van der Waals surface area contributed by atoms with E-state index in [1.54, 1.807) is 12.1 Å². The number of anilines is 1. The van der Waals surface area contributed by atoms with Gasteiger partial charge in [-0.25, -0.2) is 13.1 Å². The average Bonchev–Trinajstić information content (AvgIpc) is 2.56. The van der Waals surface area contributed by atoms with E-state index in [4.69, 9.17) is 23.2 Å². The minimum Gasteiger partial charge on any atom is -0.325 e. The zero-order valence-corrected chi connectivity index (χ0v) is 15.2. The Hall–Kier alpha value is -1.60. The van der Waals surface area contributed by atoms with Crippen LogP contribution in [0.15, 0.2) is 47.4 Å². The molecule has 0 aromatic heterocycles. The summed E-state index contributed by atoms with van der Waals surface area (Å²) in [5.74, 6) is -0.459. The molecule has 0 unspecified atom stereocenters. The Morgan fingerprint density at radius 1 is 1.08 bits per heavy atom. The van der Waals surface area contributed by atoms with Crippen molar-refractivity contribution in [1.29, 1.82) is 0 Å². The fourth-order valence-corrected chi connectivity index (χ4v) is 3.40. The number of nitrogens with one attached hydrogen (secondary N) is 2. The maximum Gasteiger partial charge on any atom is 0.241 e. The summed E-state index contributed by atoms with van der Waals surface area (Å²) in [6.07, 6.45) is 0.755. The van der Waals surface area contributed by atoms with Crippen LogP contribution in [0.5, 0.6) is 0 Å². The number of aryl methyl sites for hydroxylation is 1. The van der Waals surface area contributed by atoms with Crippen LogP contribution in [0.3, 0.4) is 0 Å². The fraction of sp³-hybridized carbons (Fsp3) is 0.188. The van der Waals surface area contributed by atoms with E-state index in [1.165, 1.54) is 18.2 Å². The predicted octanol–water partition coefficient (Wildman–Crippen LogP) is 3.47. The lowest BCUT2D eigenvalue weighted by Gasteiger charge is -2.11. The zero-order valence-electron chi connectivity index (χ0n) is 12.8. The third kappa shape index (κ3) is 4.70. The number of sulfonamides is 1. The summed E-state index contributed by atoms with van der Waals surface area (Å²) in [6, 6.07) is 11.3. The number of halogens is 2. The van der Waals surface area contributed by atoms with Gasteiger partial charge >= 0.3 is 0 Å². The first-order chi connectivity index (χ1) is 11.3. The number of amides is 1. The minimum atomic E-state index is -3.86. The molecule has 0 spiro atoms. The molecule has 0 aliphatic heterocycles. The lowest BCUT2D eigenvalue weighted by molar-refractivity contribution is -0.115. The molecular weight excluding hydrogens is 371 g/mol. The predicted molar refractivity (Wildman–Crippen MR) is 96.1 cm³/mol. The van der Waals surface area contributed by atoms with Crippen molar-refractivity contribution in [3.8, 4) is 0 Å². The summed E-state index contributed by atoms with van der Waals surface area (Å²) in [5.41, 5.74) is 1.64. The van der Waals surface area contributed by atoms with Gasteiger partial charge < -0.3 is 5.32 Å². The van der Waals surface area contributed by atoms with Gasteiger partial charge in [-0.15, -0.1) is 0 Å². The number of carbonyl (C=O) groups excluding carboxylic acids is 1. The summed E-state index contributed by atoms with van der Waals surface area (Å²) in [4.78, 5) is 11.9. The lowest BCUT2D eigenvalue weighted by Crippen LogP contribution is -2.33. The third-order valence-corrected chi connectivity index (χ3v) is 5.43. The van der Waals surface area contributed by atoms with Crippen LogP contribution in [-0.4, -0.2) is 20.9 Å². The fourth-order valence-electron chi connectivity index (χ4n) is 2.03. The van der Waals surface area contributed by atoms with Crippen molar-refractivity contribution in [2.75, 3.05) is 11.9 Å². The molecule has 0 bridgehead atoms. The van der Waals surface area contributed by atoms with Crippen LogP contribution in [0.2, 0.25) is 10.0 Å². The summed E-state index contributed by atoms with van der Waals surface area (Å²) < 4.78 is 26.6. The zero-order chi connectivity index (χ0) is 17.7. The Balaban J connectivity index is 2.03. The smallest absolute Gasteiger partial charge is 0.241 e. The van der Waals surface area contributed by atoms with Crippen molar-refractivity contribution in [2.24, 2.45) is 0 Å². The van der Waals surface area contributed by atoms with Gasteiger partial charge in [0.1, 0.15) is 0 Å². The first-order valence-electron chi connectivity index (χ1n) is 7.16. The largest absolute Gasteiger partial charge is 0.325 e. The average molecular weight is 387 g/mol. The Morgan fingerprint density at radius 3 is 2.46 bits per heavy atom. The summed E-state index contributed by atoms with van der Waals surface area (Å²) in [5, 5.41) is 3.07. The van der Waals surface area contributed by atoms with E-state index in [0.29, 0.717) is 5.69 Å². The number of hydrogen-bond acceptors (Lipinski definition) is 3. The molecule has 2 aromatic carbocycles. The van der Waals surface area contributed by atoms with Crippen molar-refractivity contribution in [1.82, 2.24) is 4.72 Å². The molecule has 2 aromatic rings. The molecule has 0 saturated heterocycles. The van der Waals surface area contributed by atoms with E-state index < -0.39 is 15.9 Å². The van der Waals surface area contributed by atoms with Crippen molar-refractivity contribution in [2.45, 2.75) is 18.2 Å². The van der Waals surface area contributed by atoms with Gasteiger partial charge in [-0.05, 0) is 36.2 Å². The highest BCUT2D eigenvalue weighted by Crippen LogP contribution is 2.24. The highest BCUT2D eigenvalue weighted by Gasteiger charge is 2.17. The van der Waals surface area contributed by atoms with Crippen molar-refractivity contribution >= 4 is 44.8 Å². The van der Waals surface area contributed by atoms with Crippen LogP contribution in [0, 0.1) is 0 Å². The van der Waals surface area contributed by atoms with Crippen molar-refractivity contribution in [3.05, 3.63) is 58.1 Å². The van der Waals surface area contributed by atoms with Gasteiger partial charge in [0, 0.05) is 5.69 Å². The molecule has 8 heteroatoms. The van der Waals surface area contributed by atoms with E-state index in [0.717, 1.165) is 12.0 Å². The molecule has 0 radical (unpaired) electrons. The molecule has 2 N–H and O–H groups in total. The molecular formula is C16H16Cl2N2O3S. The number of rotatable bonds is 6. The standard InChI is InChI=1S/C16H16Cl2N2O3S/c1-2-11-5-3-4-6-15(11)20-16(21)10-19-24(22,23)12-7-8-13(17)14(18)9-12/h3-9,19H,2,10H2,1H3,(H,20,21). The molecule has 0 saturated carbocycles. The second-order valence-electron chi connectivity index (χ2n) is 4.96. The second-order valence-corrected chi connectivity index (χ2v) is 7.54. The van der Waals surface area contributed by atoms with E-state index in [9.17, 15) is 13.2 Å². The molecule has 128 valence electrons. The monoisotopic (exact) mass is 386 g/mol. The second kappa shape index (κ2) is 7.98. The normalized spacial score (nSPS) is 11.3. The molecule has 24 heavy (non-hydrogen) atoms. The summed E-state index contributed by atoms with van der Waals surface area (Å²) in [6.45, 7) is 1.58. The SMILES string of the molecule is CCc1ccccc1NC(=O)CNS(=O)(=O)c1ccc(Cl)c(Cl)c1. The molecule has 0 aliphatic rings. The number of hydrogen-bond donors (Lipinski definition) is 2. The van der Waals surface area contributed by atoms with E-state index >= 15 is 0 Å². The molecule has 2 rings (SSSR count). The molecule has 0 atom stereocenters. The van der Waals surface area contributed by atoms with Gasteiger partial charge in [0.2, 0.25) is 15.9 Å². The molecule has 1 amide bonds. The van der Waals surface area contributed by atoms with Crippen LogP contribution in [0.1, 0.15) is 12.5 Å². The lowest BCUT2D eigenvalue weighted by atomic mass is 10.1. The van der Waals surface area contributed by atoms with E-state index in [2.05, 4.69) is 10.0 Å². The summed E-state index contributed by atoms with van der Waals surface area (Å²) >= 11 is 11.6. The van der Waals surface area contributed by atoms with E-state index in [-0.39, 0.29) is 21.5 Å². The number of carbonyl (C=O) groups is 1.